The van der Waals surface area contributed by atoms with Crippen molar-refractivity contribution in [1.29, 1.82) is 0 Å². The first-order valence-electron chi connectivity index (χ1n) is 12.6. The van der Waals surface area contributed by atoms with E-state index in [4.69, 9.17) is 30.5 Å². The molecule has 1 saturated carbocycles. The Morgan fingerprint density at radius 3 is 2.60 bits per heavy atom. The standard InChI is InChI=1S/C27H25ClF2N4O5S/c1-3-38-27(36)18-21(13-4-6-14(7-5-13)24-32-17(12-39-24)26(35)37-2)33-23(25-31-10-11-40-25)34-22(18)15-8-9-16(29)20(30)19(15)28/h8-14,22H,3-7H2,1-2H3,(H,33,34)/t13-,14+,22?. The smallest absolute Gasteiger partial charge is 0.360 e. The van der Waals surface area contributed by atoms with Gasteiger partial charge in [0.15, 0.2) is 34.1 Å². The molecule has 210 valence electrons. The van der Waals surface area contributed by atoms with E-state index in [2.05, 4.69) is 15.3 Å². The molecule has 1 unspecified atom stereocenters. The summed E-state index contributed by atoms with van der Waals surface area (Å²) in [6.45, 7) is 1.79. The predicted octanol–water partition coefficient (Wildman–Crippen LogP) is 5.73. The second-order valence-electron chi connectivity index (χ2n) is 9.27. The van der Waals surface area contributed by atoms with E-state index in [0.29, 0.717) is 48.1 Å². The third kappa shape index (κ3) is 5.37. The van der Waals surface area contributed by atoms with Crippen LogP contribution in [0, 0.1) is 17.6 Å². The molecule has 0 radical (unpaired) electrons. The maximum atomic E-state index is 14.6. The normalized spacial score (nSPS) is 21.0. The van der Waals surface area contributed by atoms with E-state index in [-0.39, 0.29) is 35.3 Å². The Hall–Kier alpha value is -3.64. The lowest BCUT2D eigenvalue weighted by Crippen LogP contribution is -2.38. The molecule has 2 aromatic heterocycles. The molecule has 1 aliphatic heterocycles. The number of thiazole rings is 1. The molecule has 1 N–H and O–H groups in total. The van der Waals surface area contributed by atoms with Gasteiger partial charge in [0.2, 0.25) is 0 Å². The summed E-state index contributed by atoms with van der Waals surface area (Å²) in [5.74, 6) is -2.85. The van der Waals surface area contributed by atoms with Crippen LogP contribution in [0.1, 0.15) is 71.5 Å². The SMILES string of the molecule is CCOC(=O)C1=C([C@H]2CC[C@@H](c3nc(C(=O)OC)co3)CC2)NC(c2nccs2)=NC1c1ccc(F)c(F)c1Cl. The van der Waals surface area contributed by atoms with Crippen molar-refractivity contribution in [3.05, 3.63) is 80.1 Å². The Labute approximate surface area is 237 Å². The Balaban J connectivity index is 1.52. The minimum atomic E-state index is -1.22. The molecular formula is C27H25ClF2N4O5S. The number of amidine groups is 1. The van der Waals surface area contributed by atoms with Crippen LogP contribution in [0.2, 0.25) is 5.02 Å². The van der Waals surface area contributed by atoms with Gasteiger partial charge in [0, 0.05) is 28.8 Å². The van der Waals surface area contributed by atoms with Gasteiger partial charge >= 0.3 is 11.9 Å². The zero-order valence-corrected chi connectivity index (χ0v) is 23.2. The number of hydrogen-bond donors (Lipinski definition) is 1. The highest BCUT2D eigenvalue weighted by Crippen LogP contribution is 2.44. The highest BCUT2D eigenvalue weighted by molar-refractivity contribution is 7.11. The van der Waals surface area contributed by atoms with E-state index in [1.807, 2.05) is 0 Å². The van der Waals surface area contributed by atoms with Crippen molar-refractivity contribution in [1.82, 2.24) is 15.3 Å². The average Bonchev–Trinajstić information content (AvgIpc) is 3.69. The van der Waals surface area contributed by atoms with E-state index < -0.39 is 34.6 Å². The third-order valence-electron chi connectivity index (χ3n) is 6.97. The second-order valence-corrected chi connectivity index (χ2v) is 10.5. The van der Waals surface area contributed by atoms with Crippen LogP contribution in [0.5, 0.6) is 0 Å². The largest absolute Gasteiger partial charge is 0.464 e. The van der Waals surface area contributed by atoms with E-state index >= 15 is 0 Å². The molecule has 9 nitrogen and oxygen atoms in total. The number of halogens is 3. The van der Waals surface area contributed by atoms with Crippen LogP contribution in [0.15, 0.2) is 50.7 Å². The molecule has 3 aromatic rings. The van der Waals surface area contributed by atoms with E-state index in [1.165, 1.54) is 30.8 Å². The zero-order chi connectivity index (χ0) is 28.4. The summed E-state index contributed by atoms with van der Waals surface area (Å²) in [5, 5.41) is 5.20. The van der Waals surface area contributed by atoms with Crippen molar-refractivity contribution < 1.29 is 32.3 Å². The number of hydrogen-bond acceptors (Lipinski definition) is 10. The van der Waals surface area contributed by atoms with E-state index in [0.717, 1.165) is 6.07 Å². The van der Waals surface area contributed by atoms with Crippen LogP contribution >= 0.6 is 22.9 Å². The van der Waals surface area contributed by atoms with Gasteiger partial charge in [0.1, 0.15) is 12.3 Å². The van der Waals surface area contributed by atoms with Gasteiger partial charge in [-0.3, -0.25) is 4.99 Å². The van der Waals surface area contributed by atoms with Crippen molar-refractivity contribution >= 4 is 40.7 Å². The van der Waals surface area contributed by atoms with Crippen LogP contribution in [-0.4, -0.2) is 41.5 Å². The quantitative estimate of drug-likeness (QED) is 0.274. The van der Waals surface area contributed by atoms with Crippen molar-refractivity contribution in [3.63, 3.8) is 0 Å². The number of nitrogens with zero attached hydrogens (tertiary/aromatic N) is 3. The van der Waals surface area contributed by atoms with E-state index in [1.54, 1.807) is 18.5 Å². The Bertz CT molecular complexity index is 1480. The van der Waals surface area contributed by atoms with Crippen LogP contribution in [-0.2, 0) is 14.3 Å². The van der Waals surface area contributed by atoms with Crippen molar-refractivity contribution in [2.24, 2.45) is 10.9 Å². The maximum Gasteiger partial charge on any atom is 0.360 e. The summed E-state index contributed by atoms with van der Waals surface area (Å²) in [5.41, 5.74) is 1.00. The van der Waals surface area contributed by atoms with Crippen LogP contribution in [0.4, 0.5) is 8.78 Å². The van der Waals surface area contributed by atoms with Gasteiger partial charge in [-0.25, -0.2) is 28.3 Å². The van der Waals surface area contributed by atoms with Gasteiger partial charge in [-0.2, -0.15) is 0 Å². The molecule has 0 spiro atoms. The fourth-order valence-electron chi connectivity index (χ4n) is 5.05. The number of aliphatic imine (C=N–C) groups is 1. The minimum absolute atomic E-state index is 0.0339. The zero-order valence-electron chi connectivity index (χ0n) is 21.6. The number of nitrogens with one attached hydrogen (secondary N) is 1. The molecular weight excluding hydrogens is 566 g/mol. The molecule has 3 heterocycles. The number of esters is 2. The molecule has 13 heteroatoms. The highest BCUT2D eigenvalue weighted by atomic mass is 35.5. The number of rotatable bonds is 7. The first-order chi connectivity index (χ1) is 19.3. The molecule has 0 bridgehead atoms. The van der Waals surface area contributed by atoms with Gasteiger partial charge in [-0.1, -0.05) is 17.7 Å². The topological polar surface area (TPSA) is 116 Å². The summed E-state index contributed by atoms with van der Waals surface area (Å²) >= 11 is 7.60. The molecule has 5 rings (SSSR count). The second kappa shape index (κ2) is 11.8. The van der Waals surface area contributed by atoms with Crippen LogP contribution in [0.3, 0.4) is 0 Å². The number of carbonyl (C=O) groups is 2. The Morgan fingerprint density at radius 1 is 1.18 bits per heavy atom. The Kier molecular flexibility index (Phi) is 8.27. The summed E-state index contributed by atoms with van der Waals surface area (Å²) in [7, 11) is 1.28. The van der Waals surface area contributed by atoms with Gasteiger partial charge in [-0.15, -0.1) is 11.3 Å². The molecule has 1 atom stereocenters. The first-order valence-corrected chi connectivity index (χ1v) is 13.9. The number of allylic oxidation sites excluding steroid dienone is 1. The fourth-order valence-corrected chi connectivity index (χ4v) is 5.89. The monoisotopic (exact) mass is 590 g/mol. The molecule has 1 aliphatic carbocycles. The summed E-state index contributed by atoms with van der Waals surface area (Å²) in [4.78, 5) is 38.5. The van der Waals surface area contributed by atoms with Crippen molar-refractivity contribution in [2.75, 3.05) is 13.7 Å². The number of benzene rings is 1. The maximum absolute atomic E-state index is 14.6. The Morgan fingerprint density at radius 2 is 1.93 bits per heavy atom. The molecule has 1 fully saturated rings. The number of oxazole rings is 1. The first kappa shape index (κ1) is 27.9. The molecule has 2 aliphatic rings. The molecule has 0 amide bonds. The third-order valence-corrected chi connectivity index (χ3v) is 8.13. The summed E-state index contributed by atoms with van der Waals surface area (Å²) < 4.78 is 44.2. The number of carbonyl (C=O) groups excluding carboxylic acids is 2. The van der Waals surface area contributed by atoms with Crippen LogP contribution < -0.4 is 5.32 Å². The number of aromatic nitrogens is 2. The molecule has 40 heavy (non-hydrogen) atoms. The van der Waals surface area contributed by atoms with Crippen molar-refractivity contribution in [3.8, 4) is 0 Å². The number of ether oxygens (including phenoxy) is 2. The average molecular weight is 591 g/mol. The lowest BCUT2D eigenvalue weighted by molar-refractivity contribution is -0.139. The fraction of sp³-hybridized carbons (Fsp3) is 0.370. The minimum Gasteiger partial charge on any atom is -0.464 e. The number of methoxy groups -OCH3 is 1. The van der Waals surface area contributed by atoms with Gasteiger partial charge < -0.3 is 19.2 Å². The van der Waals surface area contributed by atoms with Crippen LogP contribution in [0.25, 0.3) is 0 Å². The van der Waals surface area contributed by atoms with Crippen molar-refractivity contribution in [2.45, 2.75) is 44.6 Å². The van der Waals surface area contributed by atoms with Gasteiger partial charge in [-0.05, 0) is 44.6 Å². The highest BCUT2D eigenvalue weighted by Gasteiger charge is 2.39. The summed E-state index contributed by atoms with van der Waals surface area (Å²) in [6.07, 6.45) is 5.49. The van der Waals surface area contributed by atoms with Gasteiger partial charge in [0.05, 0.1) is 24.3 Å². The summed E-state index contributed by atoms with van der Waals surface area (Å²) in [6, 6.07) is 1.24. The molecule has 0 saturated heterocycles. The lowest BCUT2D eigenvalue weighted by atomic mass is 9.78. The lowest BCUT2D eigenvalue weighted by Gasteiger charge is -2.34. The predicted molar refractivity (Wildman–Crippen MR) is 142 cm³/mol. The van der Waals surface area contributed by atoms with Gasteiger partial charge in [0.25, 0.3) is 0 Å². The van der Waals surface area contributed by atoms with E-state index in [9.17, 15) is 18.4 Å². The molecule has 1 aromatic carbocycles.